The van der Waals surface area contributed by atoms with Crippen LogP contribution in [0.2, 0.25) is 0 Å². The first-order valence-electron chi connectivity index (χ1n) is 7.51. The van der Waals surface area contributed by atoms with Crippen molar-refractivity contribution in [1.82, 2.24) is 14.9 Å². The minimum absolute atomic E-state index is 0.440. The van der Waals surface area contributed by atoms with Crippen LogP contribution in [0.15, 0.2) is 36.7 Å². The van der Waals surface area contributed by atoms with E-state index in [0.717, 1.165) is 25.9 Å². The summed E-state index contributed by atoms with van der Waals surface area (Å²) in [7, 11) is 0. The number of aryl methyl sites for hydroxylation is 2. The Hall–Kier alpha value is -1.61. The van der Waals surface area contributed by atoms with Gasteiger partial charge in [-0.1, -0.05) is 36.8 Å². The van der Waals surface area contributed by atoms with E-state index in [9.17, 15) is 0 Å². The Bertz CT molecular complexity index is 513. The quantitative estimate of drug-likeness (QED) is 0.839. The van der Waals surface area contributed by atoms with Crippen LogP contribution in [-0.4, -0.2) is 22.1 Å². The van der Waals surface area contributed by atoms with E-state index in [4.69, 9.17) is 0 Å². The Labute approximate surface area is 122 Å². The first kappa shape index (κ1) is 14.8. The van der Waals surface area contributed by atoms with Crippen molar-refractivity contribution in [3.63, 3.8) is 0 Å². The molecule has 0 saturated carbocycles. The highest BCUT2D eigenvalue weighted by atomic mass is 15.1. The monoisotopic (exact) mass is 271 g/mol. The molecule has 0 spiro atoms. The second-order valence-corrected chi connectivity index (χ2v) is 5.28. The summed E-state index contributed by atoms with van der Waals surface area (Å²) in [6, 6.07) is 9.27. The van der Waals surface area contributed by atoms with Crippen LogP contribution in [0.4, 0.5) is 0 Å². The molecule has 1 heterocycles. The van der Waals surface area contributed by atoms with E-state index in [2.05, 4.69) is 66.1 Å². The fourth-order valence-corrected chi connectivity index (χ4v) is 2.55. The van der Waals surface area contributed by atoms with Crippen molar-refractivity contribution in [2.75, 3.05) is 6.54 Å². The third kappa shape index (κ3) is 3.94. The SMILES string of the molecule is CCNC(Cc1ccc(C)cc1)Cc1nccn1CC. The van der Waals surface area contributed by atoms with E-state index in [1.54, 1.807) is 0 Å². The Balaban J connectivity index is 2.05. The van der Waals surface area contributed by atoms with Crippen LogP contribution < -0.4 is 5.32 Å². The average molecular weight is 271 g/mol. The Morgan fingerprint density at radius 2 is 1.90 bits per heavy atom. The Kier molecular flexibility index (Phi) is 5.36. The molecule has 0 amide bonds. The third-order valence-corrected chi connectivity index (χ3v) is 3.67. The molecule has 1 aromatic carbocycles. The molecule has 2 rings (SSSR count). The highest BCUT2D eigenvalue weighted by molar-refractivity contribution is 5.22. The third-order valence-electron chi connectivity index (χ3n) is 3.67. The van der Waals surface area contributed by atoms with Crippen LogP contribution >= 0.6 is 0 Å². The molecule has 20 heavy (non-hydrogen) atoms. The fraction of sp³-hybridized carbons (Fsp3) is 0.471. The van der Waals surface area contributed by atoms with Gasteiger partial charge in [0.15, 0.2) is 0 Å². The normalized spacial score (nSPS) is 12.6. The molecule has 2 aromatic rings. The minimum Gasteiger partial charge on any atom is -0.335 e. The summed E-state index contributed by atoms with van der Waals surface area (Å²) < 4.78 is 2.22. The van der Waals surface area contributed by atoms with Crippen molar-refractivity contribution in [1.29, 1.82) is 0 Å². The summed E-state index contributed by atoms with van der Waals surface area (Å²) in [5, 5.41) is 3.58. The topological polar surface area (TPSA) is 29.9 Å². The lowest BCUT2D eigenvalue weighted by Crippen LogP contribution is -2.34. The fourth-order valence-electron chi connectivity index (χ4n) is 2.55. The maximum absolute atomic E-state index is 4.49. The van der Waals surface area contributed by atoms with Crippen LogP contribution in [0.25, 0.3) is 0 Å². The molecule has 0 aliphatic carbocycles. The molecule has 0 aliphatic heterocycles. The van der Waals surface area contributed by atoms with Crippen LogP contribution in [0.5, 0.6) is 0 Å². The van der Waals surface area contributed by atoms with E-state index in [1.165, 1.54) is 17.0 Å². The van der Waals surface area contributed by atoms with Gasteiger partial charge in [-0.3, -0.25) is 0 Å². The van der Waals surface area contributed by atoms with Crippen molar-refractivity contribution < 1.29 is 0 Å². The van der Waals surface area contributed by atoms with Crippen LogP contribution in [0, 0.1) is 6.92 Å². The zero-order valence-corrected chi connectivity index (χ0v) is 12.8. The largest absolute Gasteiger partial charge is 0.335 e. The van der Waals surface area contributed by atoms with E-state index < -0.39 is 0 Å². The number of hydrogen-bond acceptors (Lipinski definition) is 2. The molecule has 0 bridgehead atoms. The molecule has 0 fully saturated rings. The van der Waals surface area contributed by atoms with Crippen molar-refractivity contribution in [2.45, 2.75) is 46.2 Å². The summed E-state index contributed by atoms with van der Waals surface area (Å²) in [4.78, 5) is 4.49. The van der Waals surface area contributed by atoms with Gasteiger partial charge in [0.05, 0.1) is 0 Å². The van der Waals surface area contributed by atoms with Crippen LogP contribution in [-0.2, 0) is 19.4 Å². The first-order valence-corrected chi connectivity index (χ1v) is 7.51. The van der Waals surface area contributed by atoms with Gasteiger partial charge in [0, 0.05) is 31.4 Å². The molecule has 0 aliphatic rings. The summed E-state index contributed by atoms with van der Waals surface area (Å²) in [6.07, 6.45) is 5.98. The van der Waals surface area contributed by atoms with Gasteiger partial charge in [0.2, 0.25) is 0 Å². The first-order chi connectivity index (χ1) is 9.72. The lowest BCUT2D eigenvalue weighted by molar-refractivity contribution is 0.499. The molecule has 1 atom stereocenters. The van der Waals surface area contributed by atoms with Crippen molar-refractivity contribution in [2.24, 2.45) is 0 Å². The number of nitrogens with one attached hydrogen (secondary N) is 1. The van der Waals surface area contributed by atoms with Crippen molar-refractivity contribution >= 4 is 0 Å². The second kappa shape index (κ2) is 7.25. The van der Waals surface area contributed by atoms with E-state index in [1.807, 2.05) is 6.20 Å². The number of aromatic nitrogens is 2. The van der Waals surface area contributed by atoms with E-state index in [0.29, 0.717) is 6.04 Å². The number of nitrogens with zero attached hydrogens (tertiary/aromatic N) is 2. The molecular formula is C17H25N3. The van der Waals surface area contributed by atoms with Crippen molar-refractivity contribution in [3.8, 4) is 0 Å². The summed E-state index contributed by atoms with van der Waals surface area (Å²) in [5.41, 5.74) is 2.70. The van der Waals surface area contributed by atoms with Gasteiger partial charge < -0.3 is 9.88 Å². The Morgan fingerprint density at radius 1 is 1.15 bits per heavy atom. The van der Waals surface area contributed by atoms with Gasteiger partial charge >= 0.3 is 0 Å². The lowest BCUT2D eigenvalue weighted by atomic mass is 10.0. The summed E-state index contributed by atoms with van der Waals surface area (Å²) >= 11 is 0. The van der Waals surface area contributed by atoms with E-state index in [-0.39, 0.29) is 0 Å². The predicted octanol–water partition coefficient (Wildman–Crippen LogP) is 2.97. The minimum atomic E-state index is 0.440. The molecule has 108 valence electrons. The number of rotatable bonds is 7. The maximum Gasteiger partial charge on any atom is 0.110 e. The predicted molar refractivity (Wildman–Crippen MR) is 84.0 cm³/mol. The van der Waals surface area contributed by atoms with Gasteiger partial charge in [-0.05, 0) is 32.4 Å². The van der Waals surface area contributed by atoms with Gasteiger partial charge in [-0.2, -0.15) is 0 Å². The Morgan fingerprint density at radius 3 is 2.55 bits per heavy atom. The highest BCUT2D eigenvalue weighted by Gasteiger charge is 2.12. The smallest absolute Gasteiger partial charge is 0.110 e. The standard InChI is InChI=1S/C17H25N3/c1-4-18-16(12-15-8-6-14(3)7-9-15)13-17-19-10-11-20(17)5-2/h6-11,16,18H,4-5,12-13H2,1-3H3. The zero-order valence-electron chi connectivity index (χ0n) is 12.8. The maximum atomic E-state index is 4.49. The second-order valence-electron chi connectivity index (χ2n) is 5.28. The average Bonchev–Trinajstić information content (AvgIpc) is 2.89. The van der Waals surface area contributed by atoms with E-state index >= 15 is 0 Å². The molecule has 1 unspecified atom stereocenters. The van der Waals surface area contributed by atoms with Crippen LogP contribution in [0.3, 0.4) is 0 Å². The number of benzene rings is 1. The van der Waals surface area contributed by atoms with Crippen LogP contribution in [0.1, 0.15) is 30.8 Å². The molecule has 0 saturated heterocycles. The summed E-state index contributed by atoms with van der Waals surface area (Å²) in [5.74, 6) is 1.17. The molecule has 1 N–H and O–H groups in total. The van der Waals surface area contributed by atoms with Gasteiger partial charge in [-0.25, -0.2) is 4.98 Å². The molecule has 3 nitrogen and oxygen atoms in total. The van der Waals surface area contributed by atoms with Gasteiger partial charge in [0.1, 0.15) is 5.82 Å². The summed E-state index contributed by atoms with van der Waals surface area (Å²) in [6.45, 7) is 8.42. The highest BCUT2D eigenvalue weighted by Crippen LogP contribution is 2.10. The zero-order chi connectivity index (χ0) is 14.4. The number of hydrogen-bond donors (Lipinski definition) is 1. The van der Waals surface area contributed by atoms with Crippen molar-refractivity contribution in [3.05, 3.63) is 53.6 Å². The van der Waals surface area contributed by atoms with Gasteiger partial charge in [-0.15, -0.1) is 0 Å². The molecular weight excluding hydrogens is 246 g/mol. The number of likely N-dealkylation sites (N-methyl/N-ethyl adjacent to an activating group) is 1. The molecule has 1 aromatic heterocycles. The number of imidazole rings is 1. The molecule has 0 radical (unpaired) electrons. The lowest BCUT2D eigenvalue weighted by Gasteiger charge is -2.18. The van der Waals surface area contributed by atoms with Gasteiger partial charge in [0.25, 0.3) is 0 Å². The molecule has 3 heteroatoms.